The third-order valence-corrected chi connectivity index (χ3v) is 6.76. The Morgan fingerprint density at radius 3 is 2.13 bits per heavy atom. The van der Waals surface area contributed by atoms with Crippen molar-refractivity contribution in [2.75, 3.05) is 7.11 Å². The first-order valence-corrected chi connectivity index (χ1v) is 13.1. The molecule has 6 rings (SSSR count). The summed E-state index contributed by atoms with van der Waals surface area (Å²) in [5.74, 6) is 2.25. The van der Waals surface area contributed by atoms with Crippen molar-refractivity contribution in [2.45, 2.75) is 4.90 Å². The van der Waals surface area contributed by atoms with E-state index in [1.807, 2.05) is 122 Å². The summed E-state index contributed by atoms with van der Waals surface area (Å²) in [6.45, 7) is 0. The number of para-hydroxylation sites is 3. The number of benzene rings is 4. The zero-order chi connectivity index (χ0) is 26.4. The van der Waals surface area contributed by atoms with Crippen LogP contribution in [-0.4, -0.2) is 16.8 Å². The monoisotopic (exact) mass is 532 g/mol. The van der Waals surface area contributed by atoms with Crippen molar-refractivity contribution < 1.29 is 18.8 Å². The van der Waals surface area contributed by atoms with Crippen molar-refractivity contribution in [2.24, 2.45) is 0 Å². The molecule has 2 heterocycles. The van der Waals surface area contributed by atoms with Gasteiger partial charge in [-0.15, -0.1) is 4.73 Å². The van der Waals surface area contributed by atoms with Crippen LogP contribution in [0.1, 0.15) is 0 Å². The van der Waals surface area contributed by atoms with E-state index in [4.69, 9.17) is 23.8 Å². The van der Waals surface area contributed by atoms with E-state index in [0.717, 1.165) is 61.8 Å². The van der Waals surface area contributed by atoms with E-state index in [9.17, 15) is 0 Å². The lowest BCUT2D eigenvalue weighted by molar-refractivity contribution is -0.188. The van der Waals surface area contributed by atoms with E-state index in [0.29, 0.717) is 5.65 Å². The van der Waals surface area contributed by atoms with Crippen molar-refractivity contribution in [3.63, 3.8) is 0 Å². The number of nitrogens with zero attached hydrogens (tertiary/aromatic N) is 2. The lowest BCUT2D eigenvalue weighted by Crippen LogP contribution is -2.07. The normalized spacial score (nSPS) is 10.9. The number of aromatic nitrogens is 2. The molecule has 0 unspecified atom stereocenters. The summed E-state index contributed by atoms with van der Waals surface area (Å²) < 4.78 is 18.9. The number of pyridine rings is 1. The summed E-state index contributed by atoms with van der Waals surface area (Å²) >= 11 is 1.13. The second kappa shape index (κ2) is 11.3. The molecule has 0 bridgehead atoms. The molecule has 0 aliphatic carbocycles. The Morgan fingerprint density at radius 1 is 0.692 bits per heavy atom. The fourth-order valence-corrected chi connectivity index (χ4v) is 4.78. The van der Waals surface area contributed by atoms with Gasteiger partial charge in [0, 0.05) is 38.7 Å². The highest BCUT2D eigenvalue weighted by Gasteiger charge is 2.18. The first-order chi connectivity index (χ1) is 19.3. The van der Waals surface area contributed by atoms with E-state index < -0.39 is 0 Å². The van der Waals surface area contributed by atoms with Crippen LogP contribution in [0, 0.1) is 0 Å². The van der Waals surface area contributed by atoms with Crippen LogP contribution >= 0.6 is 12.0 Å². The summed E-state index contributed by atoms with van der Waals surface area (Å²) in [6, 6.07) is 37.3. The maximum atomic E-state index is 6.23. The number of hydrogen-bond acceptors (Lipinski definition) is 6. The highest BCUT2D eigenvalue weighted by molar-refractivity contribution is 7.94. The van der Waals surface area contributed by atoms with Crippen molar-refractivity contribution in [3.8, 4) is 39.5 Å². The second-order valence-corrected chi connectivity index (χ2v) is 9.39. The average Bonchev–Trinajstić information content (AvgIpc) is 3.36. The van der Waals surface area contributed by atoms with E-state index in [1.54, 1.807) is 7.11 Å². The number of rotatable bonds is 9. The van der Waals surface area contributed by atoms with Gasteiger partial charge in [-0.05, 0) is 42.5 Å². The Morgan fingerprint density at radius 2 is 1.36 bits per heavy atom. The van der Waals surface area contributed by atoms with Crippen molar-refractivity contribution >= 4 is 23.1 Å². The van der Waals surface area contributed by atoms with E-state index in [-0.39, 0.29) is 0 Å². The minimum atomic E-state index is 0.606. The Labute approximate surface area is 230 Å². The fraction of sp³-hybridized carbons (Fsp3) is 0.0312. The zero-order valence-electron chi connectivity index (χ0n) is 21.1. The molecular formula is C32H24N2O4S. The standard InChI is InChI=1S/C32H24N2O4S/c1-35-30-18-10-9-17-27(30)29-22-34(37-38-39-25-14-6-3-7-15-25)32-28(29)20-23(21-33-32)26-16-8-11-19-31(26)36-24-12-4-2-5-13-24/h2-22H,1H3. The quantitative estimate of drug-likeness (QED) is 0.106. The lowest BCUT2D eigenvalue weighted by atomic mass is 10.0. The fourth-order valence-electron chi connectivity index (χ4n) is 4.34. The summed E-state index contributed by atoms with van der Waals surface area (Å²) in [4.78, 5) is 11.4. The van der Waals surface area contributed by atoms with Crippen LogP contribution in [0.5, 0.6) is 17.2 Å². The van der Waals surface area contributed by atoms with Gasteiger partial charge >= 0.3 is 0 Å². The second-order valence-electron chi connectivity index (χ2n) is 8.61. The molecule has 0 atom stereocenters. The molecule has 7 heteroatoms. The molecule has 0 aliphatic heterocycles. The predicted octanol–water partition coefficient (Wildman–Crippen LogP) is 8.24. The van der Waals surface area contributed by atoms with Gasteiger partial charge in [-0.1, -0.05) is 77.1 Å². The van der Waals surface area contributed by atoms with E-state index in [2.05, 4.69) is 6.07 Å². The topological polar surface area (TPSA) is 54.7 Å². The molecule has 2 aromatic heterocycles. The summed E-state index contributed by atoms with van der Waals surface area (Å²) in [6.07, 6.45) is 3.67. The maximum absolute atomic E-state index is 6.23. The SMILES string of the molecule is COc1ccccc1-c1cn(OOSc2ccccc2)c2ncc(-c3ccccc3Oc3ccccc3)cc12. The summed E-state index contributed by atoms with van der Waals surface area (Å²) in [7, 11) is 1.66. The third kappa shape index (κ3) is 5.31. The van der Waals surface area contributed by atoms with Crippen LogP contribution in [0.15, 0.2) is 133 Å². The molecule has 0 radical (unpaired) electrons. The predicted molar refractivity (Wildman–Crippen MR) is 154 cm³/mol. The molecule has 0 spiro atoms. The van der Waals surface area contributed by atoms with Gasteiger partial charge in [0.15, 0.2) is 5.65 Å². The Balaban J connectivity index is 1.41. The smallest absolute Gasteiger partial charge is 0.179 e. The molecule has 0 amide bonds. The van der Waals surface area contributed by atoms with Crippen molar-refractivity contribution in [1.82, 2.24) is 9.71 Å². The molecular weight excluding hydrogens is 508 g/mol. The minimum Gasteiger partial charge on any atom is -0.496 e. The van der Waals surface area contributed by atoms with Crippen LogP contribution in [0.4, 0.5) is 0 Å². The Kier molecular flexibility index (Phi) is 7.16. The van der Waals surface area contributed by atoms with Gasteiger partial charge in [0.25, 0.3) is 0 Å². The summed E-state index contributed by atoms with van der Waals surface area (Å²) in [5.41, 5.74) is 4.24. The van der Waals surface area contributed by atoms with Crippen molar-refractivity contribution in [1.29, 1.82) is 0 Å². The molecule has 4 aromatic carbocycles. The molecule has 0 saturated carbocycles. The Hall–Kier alpha value is -4.72. The van der Waals surface area contributed by atoms with Crippen LogP contribution in [-0.2, 0) is 4.33 Å². The number of hydrogen-bond donors (Lipinski definition) is 0. The van der Waals surface area contributed by atoms with Gasteiger partial charge in [-0.2, -0.15) is 0 Å². The molecule has 0 fully saturated rings. The largest absolute Gasteiger partial charge is 0.496 e. The van der Waals surface area contributed by atoms with Crippen molar-refractivity contribution in [3.05, 3.63) is 128 Å². The lowest BCUT2D eigenvalue weighted by Gasteiger charge is -2.12. The molecule has 39 heavy (non-hydrogen) atoms. The molecule has 192 valence electrons. The van der Waals surface area contributed by atoms with Crippen LogP contribution in [0.3, 0.4) is 0 Å². The van der Waals surface area contributed by atoms with E-state index in [1.165, 1.54) is 4.73 Å². The molecule has 6 nitrogen and oxygen atoms in total. The molecule has 0 saturated heterocycles. The van der Waals surface area contributed by atoms with Gasteiger partial charge < -0.3 is 9.47 Å². The van der Waals surface area contributed by atoms with Gasteiger partial charge in [0.1, 0.15) is 17.2 Å². The van der Waals surface area contributed by atoms with Gasteiger partial charge in [-0.3, -0.25) is 0 Å². The minimum absolute atomic E-state index is 0.606. The zero-order valence-corrected chi connectivity index (χ0v) is 21.9. The average molecular weight is 533 g/mol. The van der Waals surface area contributed by atoms with Crippen LogP contribution < -0.4 is 14.5 Å². The van der Waals surface area contributed by atoms with E-state index >= 15 is 0 Å². The van der Waals surface area contributed by atoms with Gasteiger partial charge in [-0.25, -0.2) is 9.97 Å². The van der Waals surface area contributed by atoms with Crippen LogP contribution in [0.2, 0.25) is 0 Å². The van der Waals surface area contributed by atoms with Gasteiger partial charge in [0.2, 0.25) is 0 Å². The number of methoxy groups -OCH3 is 1. The third-order valence-electron chi connectivity index (χ3n) is 6.16. The summed E-state index contributed by atoms with van der Waals surface area (Å²) in [5, 5.41) is 0.875. The number of ether oxygens (including phenoxy) is 2. The molecule has 6 aromatic rings. The van der Waals surface area contributed by atoms with Crippen LogP contribution in [0.25, 0.3) is 33.3 Å². The van der Waals surface area contributed by atoms with Gasteiger partial charge in [0.05, 0.1) is 25.3 Å². The molecule has 0 N–H and O–H groups in total. The first-order valence-electron chi connectivity index (χ1n) is 12.3. The highest BCUT2D eigenvalue weighted by Crippen LogP contribution is 2.39. The number of fused-ring (bicyclic) bond motifs is 1. The molecule has 0 aliphatic rings. The highest BCUT2D eigenvalue weighted by atomic mass is 32.2. The Bertz CT molecular complexity index is 1700. The first kappa shape index (κ1) is 24.6. The maximum Gasteiger partial charge on any atom is 0.179 e.